The lowest BCUT2D eigenvalue weighted by atomic mass is 10.0. The molecule has 33 heavy (non-hydrogen) atoms. The van der Waals surface area contributed by atoms with E-state index in [1.165, 1.54) is 6.26 Å². The smallest absolute Gasteiger partial charge is 0.414 e. The Hall–Kier alpha value is -2.91. The number of hydrogen-bond acceptors (Lipinski definition) is 6. The minimum absolute atomic E-state index is 0.117. The van der Waals surface area contributed by atoms with E-state index in [0.717, 1.165) is 17.5 Å². The minimum atomic E-state index is -3.30. The largest absolute Gasteiger partial charge is 0.449 e. The molecule has 0 spiro atoms. The fourth-order valence-corrected chi connectivity index (χ4v) is 4.96. The van der Waals surface area contributed by atoms with Crippen LogP contribution in [0.4, 0.5) is 16.2 Å². The highest BCUT2D eigenvalue weighted by molar-refractivity contribution is 7.90. The summed E-state index contributed by atoms with van der Waals surface area (Å²) in [7, 11) is -3.30. The van der Waals surface area contributed by atoms with E-state index >= 15 is 0 Å². The van der Waals surface area contributed by atoms with Crippen molar-refractivity contribution in [1.29, 1.82) is 0 Å². The summed E-state index contributed by atoms with van der Waals surface area (Å²) in [5.74, 6) is -0.117. The molecule has 2 heterocycles. The summed E-state index contributed by atoms with van der Waals surface area (Å²) >= 11 is 0. The van der Waals surface area contributed by atoms with E-state index in [1.807, 2.05) is 19.1 Å². The number of sulfone groups is 1. The summed E-state index contributed by atoms with van der Waals surface area (Å²) in [5, 5.41) is 0. The number of ether oxygens (including phenoxy) is 2. The second kappa shape index (κ2) is 9.15. The molecular weight excluding hydrogens is 444 g/mol. The Morgan fingerprint density at radius 3 is 2.39 bits per heavy atom. The number of carbonyl (C=O) groups is 2. The Morgan fingerprint density at radius 1 is 1.09 bits per heavy atom. The second-order valence-electron chi connectivity index (χ2n) is 8.37. The lowest BCUT2D eigenvalue weighted by Crippen LogP contribution is -2.54. The number of anilines is 2. The van der Waals surface area contributed by atoms with Gasteiger partial charge in [-0.2, -0.15) is 0 Å². The van der Waals surface area contributed by atoms with Crippen LogP contribution in [-0.2, 0) is 24.1 Å². The minimum Gasteiger partial charge on any atom is -0.449 e. The van der Waals surface area contributed by atoms with Gasteiger partial charge >= 0.3 is 6.09 Å². The molecule has 0 saturated carbocycles. The molecule has 8 nitrogen and oxygen atoms in total. The number of fused-ring (bicyclic) bond motifs is 1. The first kappa shape index (κ1) is 23.3. The van der Waals surface area contributed by atoms with Crippen LogP contribution in [0.3, 0.4) is 0 Å². The Kier molecular flexibility index (Phi) is 6.45. The summed E-state index contributed by atoms with van der Waals surface area (Å²) in [4.78, 5) is 29.5. The SMILES string of the molecule is CCOC(=O)N1c2ccc(-c3ccc(S(C)(=O)=O)cc3)cc2N(C(=O)C2CCCO2)CC1C. The van der Waals surface area contributed by atoms with Gasteiger partial charge in [0.15, 0.2) is 9.84 Å². The molecule has 2 aliphatic rings. The average molecular weight is 473 g/mol. The molecular formula is C24H28N2O6S. The van der Waals surface area contributed by atoms with Crippen molar-refractivity contribution in [1.82, 2.24) is 0 Å². The summed E-state index contributed by atoms with van der Waals surface area (Å²) in [6.07, 6.45) is 1.74. The maximum atomic E-state index is 13.3. The molecule has 4 rings (SSSR count). The predicted molar refractivity (Wildman–Crippen MR) is 125 cm³/mol. The first-order chi connectivity index (χ1) is 15.7. The van der Waals surface area contributed by atoms with Gasteiger partial charge in [-0.25, -0.2) is 13.2 Å². The van der Waals surface area contributed by atoms with Crippen molar-refractivity contribution < 1.29 is 27.5 Å². The molecule has 0 aliphatic carbocycles. The van der Waals surface area contributed by atoms with Crippen molar-refractivity contribution >= 4 is 33.2 Å². The highest BCUT2D eigenvalue weighted by Crippen LogP contribution is 2.40. The van der Waals surface area contributed by atoms with Crippen LogP contribution in [0.2, 0.25) is 0 Å². The van der Waals surface area contributed by atoms with E-state index in [2.05, 4.69) is 0 Å². The third kappa shape index (κ3) is 4.60. The van der Waals surface area contributed by atoms with Crippen molar-refractivity contribution in [3.63, 3.8) is 0 Å². The molecule has 2 atom stereocenters. The number of carbonyl (C=O) groups excluding carboxylic acids is 2. The Labute approximate surface area is 194 Å². The molecule has 1 saturated heterocycles. The fraction of sp³-hybridized carbons (Fsp3) is 0.417. The van der Waals surface area contributed by atoms with Gasteiger partial charge < -0.3 is 14.4 Å². The van der Waals surface area contributed by atoms with Gasteiger partial charge in [0.2, 0.25) is 0 Å². The lowest BCUT2D eigenvalue weighted by Gasteiger charge is -2.41. The molecule has 2 aromatic carbocycles. The van der Waals surface area contributed by atoms with E-state index in [1.54, 1.807) is 47.1 Å². The normalized spacial score (nSPS) is 20.5. The van der Waals surface area contributed by atoms with Crippen molar-refractivity contribution in [3.8, 4) is 11.1 Å². The zero-order chi connectivity index (χ0) is 23.8. The predicted octanol–water partition coefficient (Wildman–Crippen LogP) is 3.63. The molecule has 0 N–H and O–H groups in total. The van der Waals surface area contributed by atoms with Crippen LogP contribution in [0.25, 0.3) is 11.1 Å². The van der Waals surface area contributed by atoms with Gasteiger partial charge in [0.05, 0.1) is 28.9 Å². The van der Waals surface area contributed by atoms with Crippen LogP contribution in [0.15, 0.2) is 47.4 Å². The highest BCUT2D eigenvalue weighted by atomic mass is 32.2. The molecule has 2 unspecified atom stereocenters. The topological polar surface area (TPSA) is 93.2 Å². The molecule has 0 aromatic heterocycles. The van der Waals surface area contributed by atoms with Crippen molar-refractivity contribution in [2.24, 2.45) is 0 Å². The van der Waals surface area contributed by atoms with Crippen LogP contribution < -0.4 is 9.80 Å². The van der Waals surface area contributed by atoms with Crippen molar-refractivity contribution in [2.45, 2.75) is 43.7 Å². The van der Waals surface area contributed by atoms with Crippen LogP contribution in [0.1, 0.15) is 26.7 Å². The Bertz CT molecular complexity index is 1160. The second-order valence-corrected chi connectivity index (χ2v) is 10.4. The van der Waals surface area contributed by atoms with E-state index in [4.69, 9.17) is 9.47 Å². The van der Waals surface area contributed by atoms with Crippen LogP contribution in [0, 0.1) is 0 Å². The van der Waals surface area contributed by atoms with Gasteiger partial charge in [-0.15, -0.1) is 0 Å². The molecule has 2 aliphatic heterocycles. The molecule has 2 amide bonds. The molecule has 0 bridgehead atoms. The summed E-state index contributed by atoms with van der Waals surface area (Å²) in [5.41, 5.74) is 2.80. The zero-order valence-electron chi connectivity index (χ0n) is 19.0. The van der Waals surface area contributed by atoms with Gasteiger partial charge in [-0.05, 0) is 62.1 Å². The van der Waals surface area contributed by atoms with Crippen LogP contribution >= 0.6 is 0 Å². The fourth-order valence-electron chi connectivity index (χ4n) is 4.33. The molecule has 0 radical (unpaired) electrons. The maximum Gasteiger partial charge on any atom is 0.414 e. The van der Waals surface area contributed by atoms with E-state index in [-0.39, 0.29) is 23.5 Å². The third-order valence-electron chi connectivity index (χ3n) is 5.96. The number of nitrogens with zero attached hydrogens (tertiary/aromatic N) is 2. The van der Waals surface area contributed by atoms with Gasteiger partial charge in [0.1, 0.15) is 6.10 Å². The average Bonchev–Trinajstić information content (AvgIpc) is 3.32. The number of hydrogen-bond donors (Lipinski definition) is 0. The Balaban J connectivity index is 1.77. The number of rotatable bonds is 4. The van der Waals surface area contributed by atoms with E-state index < -0.39 is 22.0 Å². The number of benzene rings is 2. The standard InChI is InChI=1S/C24H28N2O6S/c1-4-31-24(28)26-16(2)15-25(23(27)22-6-5-13-32-22)21-14-18(9-12-20(21)26)17-7-10-19(11-8-17)33(3,29)30/h7-12,14,16,22H,4-6,13,15H2,1-3H3. The van der Waals surface area contributed by atoms with Crippen molar-refractivity contribution in [3.05, 3.63) is 42.5 Å². The summed E-state index contributed by atoms with van der Waals surface area (Å²) < 4.78 is 34.5. The van der Waals surface area contributed by atoms with Crippen LogP contribution in [0.5, 0.6) is 0 Å². The molecule has 1 fully saturated rings. The van der Waals surface area contributed by atoms with E-state index in [9.17, 15) is 18.0 Å². The molecule has 176 valence electrons. The van der Waals surface area contributed by atoms with Gasteiger partial charge in [-0.1, -0.05) is 18.2 Å². The van der Waals surface area contributed by atoms with Crippen LogP contribution in [-0.4, -0.2) is 58.6 Å². The maximum absolute atomic E-state index is 13.3. The summed E-state index contributed by atoms with van der Waals surface area (Å²) in [6, 6.07) is 11.8. The first-order valence-electron chi connectivity index (χ1n) is 11.0. The highest BCUT2D eigenvalue weighted by Gasteiger charge is 2.39. The summed E-state index contributed by atoms with van der Waals surface area (Å²) in [6.45, 7) is 4.77. The third-order valence-corrected chi connectivity index (χ3v) is 7.09. The molecule has 2 aromatic rings. The quantitative estimate of drug-likeness (QED) is 0.675. The zero-order valence-corrected chi connectivity index (χ0v) is 19.8. The number of amides is 2. The monoisotopic (exact) mass is 472 g/mol. The first-order valence-corrected chi connectivity index (χ1v) is 12.9. The van der Waals surface area contributed by atoms with Crippen molar-refractivity contribution in [2.75, 3.05) is 35.8 Å². The van der Waals surface area contributed by atoms with E-state index in [0.29, 0.717) is 30.9 Å². The molecule has 9 heteroatoms. The van der Waals surface area contributed by atoms with Gasteiger partial charge in [-0.3, -0.25) is 9.69 Å². The Morgan fingerprint density at radius 2 is 1.79 bits per heavy atom. The van der Waals surface area contributed by atoms with Gasteiger partial charge in [0.25, 0.3) is 5.91 Å². The lowest BCUT2D eigenvalue weighted by molar-refractivity contribution is -0.127. The van der Waals surface area contributed by atoms with Gasteiger partial charge in [0, 0.05) is 19.4 Å².